The molecule has 100 valence electrons. The summed E-state index contributed by atoms with van der Waals surface area (Å²) in [5.41, 5.74) is 1.18. The van der Waals surface area contributed by atoms with Crippen molar-refractivity contribution in [1.29, 1.82) is 0 Å². The number of halogens is 2. The lowest BCUT2D eigenvalue weighted by Gasteiger charge is -2.15. The van der Waals surface area contributed by atoms with Crippen LogP contribution in [-0.4, -0.2) is 11.1 Å². The Morgan fingerprint density at radius 2 is 2.21 bits per heavy atom. The minimum Gasteiger partial charge on any atom is -0.479 e. The van der Waals surface area contributed by atoms with E-state index in [0.717, 1.165) is 10.0 Å². The summed E-state index contributed by atoms with van der Waals surface area (Å²) in [7, 11) is 0. The number of rotatable bonds is 4. The quantitative estimate of drug-likeness (QED) is 0.874. The third-order valence-electron chi connectivity index (χ3n) is 2.51. The van der Waals surface area contributed by atoms with Crippen LogP contribution in [0.25, 0.3) is 0 Å². The third-order valence-corrected chi connectivity index (χ3v) is 4.44. The molecule has 0 aliphatic carbocycles. The average Bonchev–Trinajstić information content (AvgIpc) is 2.70. The van der Waals surface area contributed by atoms with Crippen molar-refractivity contribution >= 4 is 38.9 Å². The number of carboxylic acid groups (broad SMARTS) is 1. The molecule has 0 aliphatic rings. The van der Waals surface area contributed by atoms with E-state index in [1.54, 1.807) is 24.4 Å². The predicted molar refractivity (Wildman–Crippen MR) is 77.2 cm³/mol. The van der Waals surface area contributed by atoms with Gasteiger partial charge in [0.1, 0.15) is 5.82 Å². The van der Waals surface area contributed by atoms with Crippen molar-refractivity contribution in [3.63, 3.8) is 0 Å². The average molecular weight is 344 g/mol. The van der Waals surface area contributed by atoms with Crippen LogP contribution >= 0.6 is 27.3 Å². The first-order valence-corrected chi connectivity index (χ1v) is 7.14. The van der Waals surface area contributed by atoms with Crippen LogP contribution in [0, 0.1) is 12.7 Å². The summed E-state index contributed by atoms with van der Waals surface area (Å²) < 4.78 is 14.0. The summed E-state index contributed by atoms with van der Waals surface area (Å²) in [6, 6.07) is 5.26. The molecule has 2 aromatic rings. The van der Waals surface area contributed by atoms with Crippen molar-refractivity contribution in [2.75, 3.05) is 5.32 Å². The molecule has 0 saturated heterocycles. The molecule has 0 amide bonds. The molecule has 1 aromatic carbocycles. The minimum atomic E-state index is -1.01. The Morgan fingerprint density at radius 1 is 1.47 bits per heavy atom. The van der Waals surface area contributed by atoms with Gasteiger partial charge in [0.25, 0.3) is 0 Å². The van der Waals surface area contributed by atoms with E-state index in [2.05, 4.69) is 21.2 Å². The summed E-state index contributed by atoms with van der Waals surface area (Å²) in [5.74, 6) is -1.40. The third kappa shape index (κ3) is 3.33. The first kappa shape index (κ1) is 14.0. The highest BCUT2D eigenvalue weighted by Gasteiger charge is 2.23. The molecule has 0 spiro atoms. The Bertz CT molecular complexity index is 594. The number of benzene rings is 1. The smallest absolute Gasteiger partial charge is 0.331 e. The number of thiophene rings is 1. The lowest BCUT2D eigenvalue weighted by Crippen LogP contribution is -2.20. The van der Waals surface area contributed by atoms with E-state index in [1.165, 1.54) is 23.5 Å². The van der Waals surface area contributed by atoms with Gasteiger partial charge in [0.2, 0.25) is 0 Å². The molecule has 1 aromatic heterocycles. The van der Waals surface area contributed by atoms with E-state index < -0.39 is 17.8 Å². The first-order chi connectivity index (χ1) is 8.97. The molecular formula is C13H11BrFNO2S. The number of hydrogen-bond acceptors (Lipinski definition) is 3. The zero-order valence-corrected chi connectivity index (χ0v) is 12.4. The Balaban J connectivity index is 2.32. The zero-order chi connectivity index (χ0) is 14.0. The van der Waals surface area contributed by atoms with Crippen LogP contribution in [0.5, 0.6) is 0 Å². The molecule has 0 radical (unpaired) electrons. The Labute approximate surface area is 122 Å². The number of aryl methyl sites for hydroxylation is 1. The van der Waals surface area contributed by atoms with Crippen LogP contribution in [0.1, 0.15) is 16.5 Å². The second kappa shape index (κ2) is 5.71. The van der Waals surface area contributed by atoms with Crippen LogP contribution in [0.4, 0.5) is 10.1 Å². The van der Waals surface area contributed by atoms with E-state index in [4.69, 9.17) is 0 Å². The molecule has 0 fully saturated rings. The van der Waals surface area contributed by atoms with Gasteiger partial charge in [-0.3, -0.25) is 0 Å². The van der Waals surface area contributed by atoms with E-state index >= 15 is 0 Å². The molecule has 19 heavy (non-hydrogen) atoms. The first-order valence-electron chi connectivity index (χ1n) is 5.47. The summed E-state index contributed by atoms with van der Waals surface area (Å²) in [5, 5.41) is 13.9. The summed E-state index contributed by atoms with van der Waals surface area (Å²) >= 11 is 4.64. The molecule has 2 N–H and O–H groups in total. The monoisotopic (exact) mass is 343 g/mol. The van der Waals surface area contributed by atoms with Gasteiger partial charge < -0.3 is 10.4 Å². The van der Waals surface area contributed by atoms with Gasteiger partial charge in [-0.2, -0.15) is 0 Å². The highest BCUT2D eigenvalue weighted by molar-refractivity contribution is 9.10. The van der Waals surface area contributed by atoms with E-state index in [1.807, 2.05) is 0 Å². The van der Waals surface area contributed by atoms with E-state index in [9.17, 15) is 14.3 Å². The van der Waals surface area contributed by atoms with Crippen molar-refractivity contribution in [2.45, 2.75) is 13.0 Å². The summed E-state index contributed by atoms with van der Waals surface area (Å²) in [6.45, 7) is 1.76. The molecule has 3 nitrogen and oxygen atoms in total. The molecule has 6 heteroatoms. The van der Waals surface area contributed by atoms with E-state index in [-0.39, 0.29) is 0 Å². The Kier molecular flexibility index (Phi) is 4.21. The molecule has 1 heterocycles. The topological polar surface area (TPSA) is 49.3 Å². The standard InChI is InChI=1S/C13H11BrFNO2S/c1-7-4-8(15)6-9(5-7)16-11(13(17)18)12-10(14)2-3-19-12/h2-6,11,16H,1H3,(H,17,18). The summed E-state index contributed by atoms with van der Waals surface area (Å²) in [6.07, 6.45) is 0. The largest absolute Gasteiger partial charge is 0.479 e. The number of hydrogen-bond donors (Lipinski definition) is 2. The minimum absolute atomic E-state index is 0.392. The van der Waals surface area contributed by atoms with Crippen LogP contribution in [0.3, 0.4) is 0 Å². The molecule has 2 rings (SSSR count). The number of nitrogens with one attached hydrogen (secondary N) is 1. The van der Waals surface area contributed by atoms with Crippen molar-refractivity contribution in [1.82, 2.24) is 0 Å². The van der Waals surface area contributed by atoms with Gasteiger partial charge in [0.15, 0.2) is 6.04 Å². The summed E-state index contributed by atoms with van der Waals surface area (Å²) in [4.78, 5) is 12.0. The fourth-order valence-electron chi connectivity index (χ4n) is 1.74. The van der Waals surface area contributed by atoms with Crippen molar-refractivity contribution in [2.24, 2.45) is 0 Å². The number of carboxylic acids is 1. The van der Waals surface area contributed by atoms with E-state index in [0.29, 0.717) is 10.6 Å². The number of aliphatic carboxylic acids is 1. The highest BCUT2D eigenvalue weighted by atomic mass is 79.9. The van der Waals surface area contributed by atoms with Crippen LogP contribution < -0.4 is 5.32 Å². The van der Waals surface area contributed by atoms with Gasteiger partial charge in [-0.1, -0.05) is 0 Å². The maximum Gasteiger partial charge on any atom is 0.331 e. The maximum atomic E-state index is 13.3. The molecular weight excluding hydrogens is 333 g/mol. The van der Waals surface area contributed by atoms with Crippen molar-refractivity contribution in [3.8, 4) is 0 Å². The maximum absolute atomic E-state index is 13.3. The Hall–Kier alpha value is -1.40. The fourth-order valence-corrected chi connectivity index (χ4v) is 3.38. The molecule has 0 aliphatic heterocycles. The molecule has 0 bridgehead atoms. The van der Waals surface area contributed by atoms with Gasteiger partial charge in [-0.15, -0.1) is 11.3 Å². The molecule has 0 saturated carbocycles. The van der Waals surface area contributed by atoms with Crippen LogP contribution in [0.2, 0.25) is 0 Å². The SMILES string of the molecule is Cc1cc(F)cc(NC(C(=O)O)c2sccc2Br)c1. The predicted octanol–water partition coefficient (Wildman–Crippen LogP) is 4.20. The lowest BCUT2D eigenvalue weighted by atomic mass is 10.2. The lowest BCUT2D eigenvalue weighted by molar-refractivity contribution is -0.138. The van der Waals surface area contributed by atoms with Crippen molar-refractivity contribution < 1.29 is 14.3 Å². The number of anilines is 1. The van der Waals surface area contributed by atoms with Gasteiger partial charge in [0, 0.05) is 10.2 Å². The molecule has 1 unspecified atom stereocenters. The van der Waals surface area contributed by atoms with Gasteiger partial charge >= 0.3 is 5.97 Å². The van der Waals surface area contributed by atoms with Crippen molar-refractivity contribution in [3.05, 3.63) is 50.4 Å². The van der Waals surface area contributed by atoms with Gasteiger partial charge in [0.05, 0.1) is 4.88 Å². The Morgan fingerprint density at radius 3 is 2.74 bits per heavy atom. The number of carbonyl (C=O) groups is 1. The zero-order valence-electron chi connectivity index (χ0n) is 9.98. The highest BCUT2D eigenvalue weighted by Crippen LogP contribution is 2.31. The van der Waals surface area contributed by atoms with Crippen LogP contribution in [0.15, 0.2) is 34.1 Å². The fraction of sp³-hybridized carbons (Fsp3) is 0.154. The van der Waals surface area contributed by atoms with Gasteiger partial charge in [-0.05, 0) is 58.1 Å². The molecule has 1 atom stereocenters. The normalized spacial score (nSPS) is 12.2. The van der Waals surface area contributed by atoms with Gasteiger partial charge in [-0.25, -0.2) is 9.18 Å². The second-order valence-electron chi connectivity index (χ2n) is 4.07. The van der Waals surface area contributed by atoms with Crippen LogP contribution in [-0.2, 0) is 4.79 Å². The second-order valence-corrected chi connectivity index (χ2v) is 5.87.